The third-order valence-corrected chi connectivity index (χ3v) is 5.22. The first-order valence-corrected chi connectivity index (χ1v) is 7.94. The Morgan fingerprint density at radius 3 is 2.62 bits per heavy atom. The fourth-order valence-corrected chi connectivity index (χ4v) is 3.97. The van der Waals surface area contributed by atoms with Crippen molar-refractivity contribution < 1.29 is 33.4 Å². The number of imide groups is 1. The molecular formula is C17H19FN2O6. The number of carbonyl (C=O) groups excluding carboxylic acids is 3. The Labute approximate surface area is 148 Å². The van der Waals surface area contributed by atoms with Gasteiger partial charge in [0.1, 0.15) is 11.6 Å². The molecule has 0 unspecified atom stereocenters. The predicted octanol–water partition coefficient (Wildman–Crippen LogP) is -0.386. The molecule has 26 heavy (non-hydrogen) atoms. The molecule has 8 nitrogen and oxygen atoms in total. The number of halogens is 1. The molecule has 9 heteroatoms. The number of nitrogens with zero attached hydrogens (tertiary/aromatic N) is 1. The van der Waals surface area contributed by atoms with E-state index in [1.165, 1.54) is 32.4 Å². The lowest BCUT2D eigenvalue weighted by Gasteiger charge is -2.30. The summed E-state index contributed by atoms with van der Waals surface area (Å²) in [5.74, 6) is -4.89. The largest absolute Gasteiger partial charge is 0.496 e. The third-order valence-electron chi connectivity index (χ3n) is 5.22. The molecule has 2 saturated heterocycles. The third kappa shape index (κ3) is 2.24. The molecule has 0 spiro atoms. The van der Waals surface area contributed by atoms with Crippen LogP contribution in [0.2, 0.25) is 0 Å². The van der Waals surface area contributed by atoms with Gasteiger partial charge in [0.25, 0.3) is 0 Å². The zero-order chi connectivity index (χ0) is 19.2. The number of hydrogen-bond acceptors (Lipinski definition) is 7. The topological polar surface area (TPSA) is 105 Å². The number of nitrogens with one attached hydrogen (secondary N) is 1. The Morgan fingerprint density at radius 1 is 1.35 bits per heavy atom. The number of likely N-dealkylation sites (tertiary alicyclic amines) is 1. The number of esters is 1. The van der Waals surface area contributed by atoms with Crippen LogP contribution < -0.4 is 10.1 Å². The summed E-state index contributed by atoms with van der Waals surface area (Å²) < 4.78 is 24.6. The summed E-state index contributed by atoms with van der Waals surface area (Å²) >= 11 is 0. The minimum atomic E-state index is -1.85. The SMILES string of the molecule is COC(=O)[C@@]1(CO)N[C@@H](c2c(F)cccc2OC)[C@H]2C(=O)N(C)C(=O)[C@H]21. The van der Waals surface area contributed by atoms with Gasteiger partial charge in [-0.2, -0.15) is 0 Å². The maximum atomic E-state index is 14.6. The fraction of sp³-hybridized carbons (Fsp3) is 0.471. The first-order valence-electron chi connectivity index (χ1n) is 7.94. The number of benzene rings is 1. The van der Waals surface area contributed by atoms with Crippen LogP contribution in [0.1, 0.15) is 11.6 Å². The second-order valence-electron chi connectivity index (χ2n) is 6.34. The van der Waals surface area contributed by atoms with Crippen LogP contribution in [0.25, 0.3) is 0 Å². The Morgan fingerprint density at radius 2 is 2.04 bits per heavy atom. The molecule has 0 bridgehead atoms. The maximum absolute atomic E-state index is 14.6. The molecule has 2 fully saturated rings. The van der Waals surface area contributed by atoms with Crippen LogP contribution in [0.4, 0.5) is 4.39 Å². The van der Waals surface area contributed by atoms with Gasteiger partial charge in [-0.3, -0.25) is 19.8 Å². The van der Waals surface area contributed by atoms with E-state index in [1.807, 2.05) is 0 Å². The molecule has 140 valence electrons. The summed E-state index contributed by atoms with van der Waals surface area (Å²) in [6.45, 7) is -0.791. The number of methoxy groups -OCH3 is 2. The molecule has 3 rings (SSSR count). The van der Waals surface area contributed by atoms with E-state index in [1.54, 1.807) is 0 Å². The number of fused-ring (bicyclic) bond motifs is 1. The molecular weight excluding hydrogens is 347 g/mol. The summed E-state index contributed by atoms with van der Waals surface area (Å²) in [7, 11) is 3.74. The van der Waals surface area contributed by atoms with Crippen molar-refractivity contribution >= 4 is 17.8 Å². The number of rotatable bonds is 4. The van der Waals surface area contributed by atoms with Gasteiger partial charge in [-0.25, -0.2) is 9.18 Å². The summed E-state index contributed by atoms with van der Waals surface area (Å²) in [4.78, 5) is 38.6. The van der Waals surface area contributed by atoms with Gasteiger partial charge in [0.05, 0.1) is 38.7 Å². The van der Waals surface area contributed by atoms with E-state index in [0.29, 0.717) is 0 Å². The summed E-state index contributed by atoms with van der Waals surface area (Å²) in [5, 5.41) is 12.8. The molecule has 0 aliphatic carbocycles. The lowest BCUT2D eigenvalue weighted by Crippen LogP contribution is -2.58. The van der Waals surface area contributed by atoms with Gasteiger partial charge in [-0.05, 0) is 12.1 Å². The van der Waals surface area contributed by atoms with E-state index in [4.69, 9.17) is 9.47 Å². The molecule has 4 atom stereocenters. The van der Waals surface area contributed by atoms with Crippen LogP contribution in [0.5, 0.6) is 5.75 Å². The Balaban J connectivity index is 2.22. The monoisotopic (exact) mass is 366 g/mol. The van der Waals surface area contributed by atoms with E-state index < -0.39 is 53.6 Å². The van der Waals surface area contributed by atoms with Crippen LogP contribution in [0.15, 0.2) is 18.2 Å². The highest BCUT2D eigenvalue weighted by Crippen LogP contribution is 2.50. The molecule has 1 aromatic rings. The van der Waals surface area contributed by atoms with Crippen molar-refractivity contribution in [2.75, 3.05) is 27.9 Å². The molecule has 0 radical (unpaired) electrons. The van der Waals surface area contributed by atoms with Gasteiger partial charge in [-0.1, -0.05) is 6.07 Å². The highest BCUT2D eigenvalue weighted by molar-refractivity contribution is 6.09. The maximum Gasteiger partial charge on any atom is 0.329 e. The Kier molecular flexibility index (Phi) is 4.45. The second kappa shape index (κ2) is 6.33. The van der Waals surface area contributed by atoms with Crippen molar-refractivity contribution in [3.63, 3.8) is 0 Å². The standard InChI is InChI=1S/C17H19FN2O6/c1-20-14(22)11-12(15(20)23)17(7-21,16(24)26-3)19-13(11)10-8(18)5-4-6-9(10)25-2/h4-6,11-13,19,21H,7H2,1-3H3/t11-,12-,13-,17-/m0/s1. The predicted molar refractivity (Wildman–Crippen MR) is 85.4 cm³/mol. The number of amides is 2. The van der Waals surface area contributed by atoms with E-state index >= 15 is 0 Å². The van der Waals surface area contributed by atoms with Crippen LogP contribution in [0, 0.1) is 17.7 Å². The van der Waals surface area contributed by atoms with Gasteiger partial charge in [0, 0.05) is 12.6 Å². The van der Waals surface area contributed by atoms with Crippen LogP contribution >= 0.6 is 0 Å². The number of hydrogen-bond donors (Lipinski definition) is 2. The van der Waals surface area contributed by atoms with E-state index in [2.05, 4.69) is 5.32 Å². The van der Waals surface area contributed by atoms with Gasteiger partial charge in [0.15, 0.2) is 5.54 Å². The van der Waals surface area contributed by atoms with Crippen molar-refractivity contribution in [2.45, 2.75) is 11.6 Å². The fourth-order valence-electron chi connectivity index (χ4n) is 3.97. The zero-order valence-electron chi connectivity index (χ0n) is 14.5. The molecule has 0 saturated carbocycles. The number of carbonyl (C=O) groups is 3. The molecule has 1 aromatic carbocycles. The quantitative estimate of drug-likeness (QED) is 0.552. The van der Waals surface area contributed by atoms with Crippen molar-refractivity contribution in [3.05, 3.63) is 29.6 Å². The lowest BCUT2D eigenvalue weighted by molar-refractivity contribution is -0.156. The van der Waals surface area contributed by atoms with Crippen LogP contribution in [-0.2, 0) is 19.1 Å². The second-order valence-corrected chi connectivity index (χ2v) is 6.34. The first-order chi connectivity index (χ1) is 12.3. The van der Waals surface area contributed by atoms with Crippen molar-refractivity contribution in [1.82, 2.24) is 10.2 Å². The normalized spacial score (nSPS) is 30.5. The van der Waals surface area contributed by atoms with Crippen LogP contribution in [-0.4, -0.2) is 61.2 Å². The molecule has 2 heterocycles. The average molecular weight is 366 g/mol. The number of aliphatic hydroxyl groups excluding tert-OH is 1. The average Bonchev–Trinajstić information content (AvgIpc) is 3.11. The minimum Gasteiger partial charge on any atom is -0.496 e. The lowest BCUT2D eigenvalue weighted by atomic mass is 9.79. The van der Waals surface area contributed by atoms with Crippen molar-refractivity contribution in [3.8, 4) is 5.75 Å². The number of ether oxygens (including phenoxy) is 2. The van der Waals surface area contributed by atoms with Gasteiger partial charge < -0.3 is 14.6 Å². The molecule has 2 aliphatic rings. The van der Waals surface area contributed by atoms with Gasteiger partial charge in [0.2, 0.25) is 11.8 Å². The highest BCUT2D eigenvalue weighted by atomic mass is 19.1. The van der Waals surface area contributed by atoms with Gasteiger partial charge >= 0.3 is 5.97 Å². The van der Waals surface area contributed by atoms with Gasteiger partial charge in [-0.15, -0.1) is 0 Å². The van der Waals surface area contributed by atoms with Crippen molar-refractivity contribution in [1.29, 1.82) is 0 Å². The molecule has 2 aliphatic heterocycles. The first kappa shape index (κ1) is 18.3. The Bertz CT molecular complexity index is 785. The smallest absolute Gasteiger partial charge is 0.329 e. The van der Waals surface area contributed by atoms with Crippen LogP contribution in [0.3, 0.4) is 0 Å². The highest BCUT2D eigenvalue weighted by Gasteiger charge is 2.68. The summed E-state index contributed by atoms with van der Waals surface area (Å²) in [6.07, 6.45) is 0. The number of aliphatic hydroxyl groups is 1. The minimum absolute atomic E-state index is 0.0145. The molecule has 2 N–H and O–H groups in total. The van der Waals surface area contributed by atoms with E-state index in [0.717, 1.165) is 12.0 Å². The van der Waals surface area contributed by atoms with E-state index in [-0.39, 0.29) is 11.3 Å². The van der Waals surface area contributed by atoms with E-state index in [9.17, 15) is 23.9 Å². The molecule has 0 aromatic heterocycles. The summed E-state index contributed by atoms with van der Waals surface area (Å²) in [6, 6.07) is 3.09. The Hall–Kier alpha value is -2.52. The molecule has 2 amide bonds. The zero-order valence-corrected chi connectivity index (χ0v) is 14.5. The summed E-state index contributed by atoms with van der Waals surface area (Å²) in [5.41, 5.74) is -1.84. The van der Waals surface area contributed by atoms with Crippen molar-refractivity contribution in [2.24, 2.45) is 11.8 Å².